The van der Waals surface area contributed by atoms with Crippen molar-refractivity contribution in [3.05, 3.63) is 65.9 Å². The van der Waals surface area contributed by atoms with Crippen molar-refractivity contribution in [1.29, 1.82) is 0 Å². The first kappa shape index (κ1) is 14.1. The van der Waals surface area contributed by atoms with Crippen LogP contribution in [0.5, 0.6) is 0 Å². The Morgan fingerprint density at radius 1 is 1.05 bits per heavy atom. The molecule has 3 rings (SSSR count). The van der Waals surface area contributed by atoms with Gasteiger partial charge in [0, 0.05) is 29.3 Å². The summed E-state index contributed by atoms with van der Waals surface area (Å²) in [6.07, 6.45) is 3.41. The van der Waals surface area contributed by atoms with E-state index >= 15 is 0 Å². The van der Waals surface area contributed by atoms with Crippen molar-refractivity contribution in [3.8, 4) is 11.4 Å². The number of benzene rings is 1. The lowest BCUT2D eigenvalue weighted by Crippen LogP contribution is -2.01. The van der Waals surface area contributed by atoms with Crippen LogP contribution in [0.1, 0.15) is 11.3 Å². The molecule has 22 heavy (non-hydrogen) atoms. The largest absolute Gasteiger partial charge is 0.340 e. The van der Waals surface area contributed by atoms with Crippen molar-refractivity contribution in [2.24, 2.45) is 0 Å². The Morgan fingerprint density at radius 2 is 1.86 bits per heavy atom. The van der Waals surface area contributed by atoms with Crippen LogP contribution < -0.4 is 5.32 Å². The minimum atomic E-state index is -0.336. The molecule has 2 aromatic heterocycles. The van der Waals surface area contributed by atoms with Crippen LogP contribution in [0.2, 0.25) is 0 Å². The highest BCUT2D eigenvalue weighted by Gasteiger charge is 2.10. The average Bonchev–Trinajstić information content (AvgIpc) is 2.50. The zero-order valence-electron chi connectivity index (χ0n) is 12.3. The highest BCUT2D eigenvalue weighted by Crippen LogP contribution is 2.23. The van der Waals surface area contributed by atoms with Crippen LogP contribution in [0, 0.1) is 19.7 Å². The lowest BCUT2D eigenvalue weighted by molar-refractivity contribution is 0.630. The van der Waals surface area contributed by atoms with Gasteiger partial charge in [-0.05, 0) is 38.1 Å². The van der Waals surface area contributed by atoms with Crippen molar-refractivity contribution in [1.82, 2.24) is 15.0 Å². The first-order valence-corrected chi connectivity index (χ1v) is 6.92. The minimum absolute atomic E-state index is 0.336. The maximum Gasteiger partial charge on any atom is 0.164 e. The summed E-state index contributed by atoms with van der Waals surface area (Å²) in [5.41, 5.74) is 3.06. The van der Waals surface area contributed by atoms with E-state index in [0.717, 1.165) is 16.9 Å². The van der Waals surface area contributed by atoms with Gasteiger partial charge in [0.25, 0.3) is 0 Å². The Bertz CT molecular complexity index is 817. The van der Waals surface area contributed by atoms with Gasteiger partial charge in [0.2, 0.25) is 0 Å². The number of aryl methyl sites for hydroxylation is 2. The van der Waals surface area contributed by atoms with E-state index in [1.165, 1.54) is 6.07 Å². The van der Waals surface area contributed by atoms with E-state index in [1.807, 2.05) is 26.0 Å². The first-order chi connectivity index (χ1) is 10.6. The van der Waals surface area contributed by atoms with Gasteiger partial charge in [-0.3, -0.25) is 4.98 Å². The molecule has 2 heterocycles. The summed E-state index contributed by atoms with van der Waals surface area (Å²) < 4.78 is 13.9. The van der Waals surface area contributed by atoms with Crippen LogP contribution in [0.4, 0.5) is 15.9 Å². The predicted molar refractivity (Wildman–Crippen MR) is 84.4 cm³/mol. The molecule has 0 aliphatic carbocycles. The van der Waals surface area contributed by atoms with Crippen LogP contribution in [0.3, 0.4) is 0 Å². The minimum Gasteiger partial charge on any atom is -0.340 e. The van der Waals surface area contributed by atoms with Crippen LogP contribution in [0.15, 0.2) is 48.8 Å². The summed E-state index contributed by atoms with van der Waals surface area (Å²) in [7, 11) is 0. The Balaban J connectivity index is 1.99. The molecule has 0 saturated carbocycles. The molecular weight excluding hydrogens is 279 g/mol. The molecule has 0 spiro atoms. The zero-order chi connectivity index (χ0) is 15.5. The molecule has 3 aromatic rings. The van der Waals surface area contributed by atoms with Crippen LogP contribution in [-0.2, 0) is 0 Å². The molecule has 0 atom stereocenters. The summed E-state index contributed by atoms with van der Waals surface area (Å²) in [6.45, 7) is 3.82. The molecule has 0 aliphatic rings. The lowest BCUT2D eigenvalue weighted by Gasteiger charge is -2.10. The van der Waals surface area contributed by atoms with Gasteiger partial charge in [-0.1, -0.05) is 12.1 Å². The topological polar surface area (TPSA) is 50.7 Å². The summed E-state index contributed by atoms with van der Waals surface area (Å²) in [4.78, 5) is 12.8. The Hall–Kier alpha value is -2.82. The molecule has 110 valence electrons. The standard InChI is InChI=1S/C17H15FN4/c1-11-10-20-17(14-5-3-4-6-15(14)18)22-16(11)21-13-7-8-19-12(2)9-13/h3-10H,1-2H3,(H,19,20,21,22). The predicted octanol–water partition coefficient (Wildman–Crippen LogP) is 4.04. The lowest BCUT2D eigenvalue weighted by atomic mass is 10.2. The summed E-state index contributed by atoms with van der Waals surface area (Å²) in [5, 5.41) is 3.23. The second-order valence-electron chi connectivity index (χ2n) is 5.02. The highest BCUT2D eigenvalue weighted by molar-refractivity contribution is 5.63. The monoisotopic (exact) mass is 294 g/mol. The fraction of sp³-hybridized carbons (Fsp3) is 0.118. The smallest absolute Gasteiger partial charge is 0.164 e. The number of nitrogens with zero attached hydrogens (tertiary/aromatic N) is 3. The first-order valence-electron chi connectivity index (χ1n) is 6.92. The number of halogens is 1. The van der Waals surface area contributed by atoms with Gasteiger partial charge in [0.15, 0.2) is 5.82 Å². The number of pyridine rings is 1. The van der Waals surface area contributed by atoms with E-state index in [2.05, 4.69) is 20.3 Å². The number of nitrogens with one attached hydrogen (secondary N) is 1. The summed E-state index contributed by atoms with van der Waals surface area (Å²) in [5.74, 6) is 0.674. The second kappa shape index (κ2) is 5.89. The van der Waals surface area contributed by atoms with Crippen molar-refractivity contribution in [2.75, 3.05) is 5.32 Å². The third-order valence-corrected chi connectivity index (χ3v) is 3.25. The highest BCUT2D eigenvalue weighted by atomic mass is 19.1. The van der Waals surface area contributed by atoms with Crippen molar-refractivity contribution in [2.45, 2.75) is 13.8 Å². The third-order valence-electron chi connectivity index (χ3n) is 3.25. The van der Waals surface area contributed by atoms with E-state index in [1.54, 1.807) is 30.6 Å². The van der Waals surface area contributed by atoms with Gasteiger partial charge in [-0.15, -0.1) is 0 Å². The molecule has 1 N–H and O–H groups in total. The quantitative estimate of drug-likeness (QED) is 0.792. The van der Waals surface area contributed by atoms with Crippen LogP contribution in [0.25, 0.3) is 11.4 Å². The molecule has 4 nitrogen and oxygen atoms in total. The maximum absolute atomic E-state index is 13.9. The normalized spacial score (nSPS) is 10.5. The Kier molecular flexibility index (Phi) is 3.78. The van der Waals surface area contributed by atoms with Gasteiger partial charge in [-0.25, -0.2) is 14.4 Å². The molecule has 1 aromatic carbocycles. The fourth-order valence-electron chi connectivity index (χ4n) is 2.10. The molecule has 5 heteroatoms. The maximum atomic E-state index is 13.9. The summed E-state index contributed by atoms with van der Waals surface area (Å²) >= 11 is 0. The van der Waals surface area contributed by atoms with Crippen molar-refractivity contribution < 1.29 is 4.39 Å². The van der Waals surface area contributed by atoms with Gasteiger partial charge in [0.05, 0.1) is 5.56 Å². The number of hydrogen-bond donors (Lipinski definition) is 1. The van der Waals surface area contributed by atoms with Gasteiger partial charge >= 0.3 is 0 Å². The molecule has 0 amide bonds. The van der Waals surface area contributed by atoms with E-state index in [4.69, 9.17) is 0 Å². The molecule has 0 radical (unpaired) electrons. The molecule has 0 unspecified atom stereocenters. The Labute approximate surface area is 128 Å². The molecule has 0 fully saturated rings. The third kappa shape index (κ3) is 2.93. The molecular formula is C17H15FN4. The Morgan fingerprint density at radius 3 is 2.64 bits per heavy atom. The van der Waals surface area contributed by atoms with Crippen molar-refractivity contribution in [3.63, 3.8) is 0 Å². The van der Waals surface area contributed by atoms with Crippen LogP contribution >= 0.6 is 0 Å². The number of rotatable bonds is 3. The zero-order valence-corrected chi connectivity index (χ0v) is 12.3. The average molecular weight is 294 g/mol. The van der Waals surface area contributed by atoms with E-state index < -0.39 is 0 Å². The molecule has 0 bridgehead atoms. The van der Waals surface area contributed by atoms with Gasteiger partial charge in [-0.2, -0.15) is 0 Å². The molecule has 0 aliphatic heterocycles. The number of hydrogen-bond acceptors (Lipinski definition) is 4. The number of aromatic nitrogens is 3. The fourth-order valence-corrected chi connectivity index (χ4v) is 2.10. The molecule has 0 saturated heterocycles. The van der Waals surface area contributed by atoms with Gasteiger partial charge in [0.1, 0.15) is 11.6 Å². The van der Waals surface area contributed by atoms with E-state index in [0.29, 0.717) is 17.2 Å². The second-order valence-corrected chi connectivity index (χ2v) is 5.02. The SMILES string of the molecule is Cc1cc(Nc2nc(-c3ccccc3F)ncc2C)ccn1. The van der Waals surface area contributed by atoms with Crippen molar-refractivity contribution >= 4 is 11.5 Å². The number of anilines is 2. The van der Waals surface area contributed by atoms with E-state index in [-0.39, 0.29) is 5.82 Å². The van der Waals surface area contributed by atoms with Crippen LogP contribution in [-0.4, -0.2) is 15.0 Å². The van der Waals surface area contributed by atoms with Gasteiger partial charge < -0.3 is 5.32 Å². The summed E-state index contributed by atoms with van der Waals surface area (Å²) in [6, 6.07) is 10.3. The van der Waals surface area contributed by atoms with E-state index in [9.17, 15) is 4.39 Å².